The molecule has 1 saturated heterocycles. The number of fused-ring (bicyclic) bond motifs is 3. The molecule has 1 amide bonds. The zero-order valence-corrected chi connectivity index (χ0v) is 12.2. The monoisotopic (exact) mass is 294 g/mol. The Labute approximate surface area is 129 Å². The maximum atomic E-state index is 12.1. The number of piperazine rings is 1. The van der Waals surface area contributed by atoms with Gasteiger partial charge in [0.05, 0.1) is 23.1 Å². The summed E-state index contributed by atoms with van der Waals surface area (Å²) in [6.07, 6.45) is 2.33. The van der Waals surface area contributed by atoms with Crippen LogP contribution in [0.25, 0.3) is 11.3 Å². The number of hydrogen-bond donors (Lipinski definition) is 2. The molecule has 0 spiro atoms. The molecule has 2 aliphatic rings. The molecule has 1 aromatic carbocycles. The van der Waals surface area contributed by atoms with Gasteiger partial charge in [0.15, 0.2) is 0 Å². The highest BCUT2D eigenvalue weighted by atomic mass is 16.1. The fourth-order valence-corrected chi connectivity index (χ4v) is 3.24. The van der Waals surface area contributed by atoms with E-state index in [9.17, 15) is 4.79 Å². The molecule has 0 saturated carbocycles. The molecule has 5 heteroatoms. The van der Waals surface area contributed by atoms with Crippen molar-refractivity contribution in [3.8, 4) is 11.3 Å². The summed E-state index contributed by atoms with van der Waals surface area (Å²) in [6, 6.07) is 12.3. The van der Waals surface area contributed by atoms with Gasteiger partial charge in [-0.2, -0.15) is 0 Å². The van der Waals surface area contributed by atoms with E-state index in [1.165, 1.54) is 0 Å². The molecule has 2 N–H and O–H groups in total. The van der Waals surface area contributed by atoms with Crippen molar-refractivity contribution in [2.24, 2.45) is 0 Å². The molecule has 0 radical (unpaired) electrons. The van der Waals surface area contributed by atoms with Crippen molar-refractivity contribution in [2.45, 2.75) is 12.5 Å². The Morgan fingerprint density at radius 3 is 3.05 bits per heavy atom. The maximum Gasteiger partial charge on any atom is 0.226 e. The zero-order chi connectivity index (χ0) is 14.9. The van der Waals surface area contributed by atoms with Gasteiger partial charge in [-0.25, -0.2) is 0 Å². The molecule has 112 valence electrons. The van der Waals surface area contributed by atoms with E-state index < -0.39 is 0 Å². The molecule has 2 aliphatic heterocycles. The molecule has 3 heterocycles. The molecule has 1 atom stereocenters. The van der Waals surface area contributed by atoms with Gasteiger partial charge in [-0.1, -0.05) is 12.1 Å². The van der Waals surface area contributed by atoms with E-state index in [0.29, 0.717) is 6.42 Å². The second kappa shape index (κ2) is 5.42. The average Bonchev–Trinajstić information content (AvgIpc) is 2.70. The van der Waals surface area contributed by atoms with Crippen LogP contribution in [0.2, 0.25) is 0 Å². The molecule has 4 rings (SSSR count). The molecule has 5 nitrogen and oxygen atoms in total. The molecule has 22 heavy (non-hydrogen) atoms. The Balaban J connectivity index is 1.80. The average molecular weight is 294 g/mol. The second-order valence-electron chi connectivity index (χ2n) is 5.75. The lowest BCUT2D eigenvalue weighted by Gasteiger charge is -2.36. The summed E-state index contributed by atoms with van der Waals surface area (Å²) in [5.41, 5.74) is 4.02. The predicted molar refractivity (Wildman–Crippen MR) is 86.9 cm³/mol. The van der Waals surface area contributed by atoms with Crippen LogP contribution in [-0.4, -0.2) is 36.6 Å². The Bertz CT molecular complexity index is 701. The van der Waals surface area contributed by atoms with Gasteiger partial charge in [-0.15, -0.1) is 0 Å². The molecular weight excluding hydrogens is 276 g/mol. The van der Waals surface area contributed by atoms with Crippen molar-refractivity contribution in [3.63, 3.8) is 0 Å². The minimum Gasteiger partial charge on any atom is -0.364 e. The van der Waals surface area contributed by atoms with E-state index >= 15 is 0 Å². The van der Waals surface area contributed by atoms with E-state index in [2.05, 4.69) is 26.6 Å². The number of benzene rings is 1. The quantitative estimate of drug-likeness (QED) is 0.843. The molecule has 0 bridgehead atoms. The normalized spacial score (nSPS) is 20.6. The van der Waals surface area contributed by atoms with Crippen LogP contribution < -0.4 is 15.5 Å². The maximum absolute atomic E-state index is 12.1. The summed E-state index contributed by atoms with van der Waals surface area (Å²) in [5.74, 6) is 0.0861. The van der Waals surface area contributed by atoms with Crippen LogP contribution in [0.5, 0.6) is 0 Å². The molecule has 2 aromatic rings. The van der Waals surface area contributed by atoms with Crippen LogP contribution in [0.4, 0.5) is 11.4 Å². The van der Waals surface area contributed by atoms with Crippen LogP contribution in [0.15, 0.2) is 42.6 Å². The SMILES string of the molecule is O=C1CC2CNCCN2c2cc(-c3ccccn3)ccc2N1. The van der Waals surface area contributed by atoms with Gasteiger partial charge in [-0.05, 0) is 24.3 Å². The van der Waals surface area contributed by atoms with Crippen molar-refractivity contribution >= 4 is 17.3 Å². The Kier molecular flexibility index (Phi) is 3.27. The van der Waals surface area contributed by atoms with E-state index in [4.69, 9.17) is 0 Å². The number of nitrogens with one attached hydrogen (secondary N) is 2. The largest absolute Gasteiger partial charge is 0.364 e. The number of carbonyl (C=O) groups is 1. The van der Waals surface area contributed by atoms with Crippen molar-refractivity contribution in [2.75, 3.05) is 29.9 Å². The number of pyridine rings is 1. The Morgan fingerprint density at radius 1 is 1.23 bits per heavy atom. The van der Waals surface area contributed by atoms with E-state index in [-0.39, 0.29) is 11.9 Å². The van der Waals surface area contributed by atoms with Gasteiger partial charge in [0.1, 0.15) is 0 Å². The minimum absolute atomic E-state index is 0.0861. The fourth-order valence-electron chi connectivity index (χ4n) is 3.24. The van der Waals surface area contributed by atoms with Crippen molar-refractivity contribution in [1.82, 2.24) is 10.3 Å². The van der Waals surface area contributed by atoms with Gasteiger partial charge < -0.3 is 15.5 Å². The van der Waals surface area contributed by atoms with Gasteiger partial charge in [0.2, 0.25) is 5.91 Å². The molecule has 1 aromatic heterocycles. The highest BCUT2D eigenvalue weighted by Gasteiger charge is 2.30. The minimum atomic E-state index is 0.0861. The van der Waals surface area contributed by atoms with Gasteiger partial charge in [0.25, 0.3) is 0 Å². The first kappa shape index (κ1) is 13.3. The number of hydrogen-bond acceptors (Lipinski definition) is 4. The Hall–Kier alpha value is -2.40. The third kappa shape index (κ3) is 2.33. The molecular formula is C17H18N4O. The fraction of sp³-hybridized carbons (Fsp3) is 0.294. The van der Waals surface area contributed by atoms with Gasteiger partial charge >= 0.3 is 0 Å². The molecule has 1 fully saturated rings. The lowest BCUT2D eigenvalue weighted by atomic mass is 10.1. The summed E-state index contributed by atoms with van der Waals surface area (Å²) in [4.78, 5) is 18.8. The molecule has 1 unspecified atom stereocenters. The van der Waals surface area contributed by atoms with E-state index in [0.717, 1.165) is 42.3 Å². The number of amides is 1. The number of nitrogens with zero attached hydrogens (tertiary/aromatic N) is 2. The first-order valence-electron chi connectivity index (χ1n) is 7.64. The second-order valence-corrected chi connectivity index (χ2v) is 5.75. The predicted octanol–water partition coefficient (Wildman–Crippen LogP) is 1.87. The summed E-state index contributed by atoms with van der Waals surface area (Å²) in [5, 5.41) is 6.40. The molecule has 0 aliphatic carbocycles. The van der Waals surface area contributed by atoms with Crippen LogP contribution >= 0.6 is 0 Å². The lowest BCUT2D eigenvalue weighted by molar-refractivity contribution is -0.116. The standard InChI is InChI=1S/C17H18N4O/c22-17-10-13-11-18-7-8-21(13)16-9-12(4-5-15(16)20-17)14-3-1-2-6-19-14/h1-6,9,13,18H,7-8,10-11H2,(H,20,22). The number of anilines is 2. The van der Waals surface area contributed by atoms with Gasteiger partial charge in [-0.3, -0.25) is 9.78 Å². The third-order valence-corrected chi connectivity index (χ3v) is 4.31. The topological polar surface area (TPSA) is 57.3 Å². The van der Waals surface area contributed by atoms with Crippen LogP contribution in [0.1, 0.15) is 6.42 Å². The first-order chi connectivity index (χ1) is 10.8. The van der Waals surface area contributed by atoms with E-state index in [1.807, 2.05) is 30.3 Å². The van der Waals surface area contributed by atoms with Crippen molar-refractivity contribution in [3.05, 3.63) is 42.6 Å². The van der Waals surface area contributed by atoms with Crippen molar-refractivity contribution in [1.29, 1.82) is 0 Å². The van der Waals surface area contributed by atoms with E-state index in [1.54, 1.807) is 6.20 Å². The lowest BCUT2D eigenvalue weighted by Crippen LogP contribution is -2.51. The summed E-state index contributed by atoms with van der Waals surface area (Å²) in [6.45, 7) is 2.71. The number of carbonyl (C=O) groups excluding carboxylic acids is 1. The number of aromatic nitrogens is 1. The number of rotatable bonds is 1. The summed E-state index contributed by atoms with van der Waals surface area (Å²) in [7, 11) is 0. The van der Waals surface area contributed by atoms with Crippen LogP contribution in [0, 0.1) is 0 Å². The Morgan fingerprint density at radius 2 is 2.18 bits per heavy atom. The highest BCUT2D eigenvalue weighted by Crippen LogP contribution is 2.35. The van der Waals surface area contributed by atoms with Crippen LogP contribution in [-0.2, 0) is 4.79 Å². The summed E-state index contributed by atoms with van der Waals surface area (Å²) < 4.78 is 0. The van der Waals surface area contributed by atoms with Gasteiger partial charge in [0, 0.05) is 37.8 Å². The smallest absolute Gasteiger partial charge is 0.226 e. The summed E-state index contributed by atoms with van der Waals surface area (Å²) >= 11 is 0. The zero-order valence-electron chi connectivity index (χ0n) is 12.2. The van der Waals surface area contributed by atoms with Crippen molar-refractivity contribution < 1.29 is 4.79 Å². The third-order valence-electron chi connectivity index (χ3n) is 4.31. The van der Waals surface area contributed by atoms with Crippen LogP contribution in [0.3, 0.4) is 0 Å². The first-order valence-corrected chi connectivity index (χ1v) is 7.64. The highest BCUT2D eigenvalue weighted by molar-refractivity contribution is 5.97.